The van der Waals surface area contributed by atoms with E-state index in [1.807, 2.05) is 7.05 Å². The van der Waals surface area contributed by atoms with Gasteiger partial charge in [-0.2, -0.15) is 0 Å². The third-order valence-electron chi connectivity index (χ3n) is 5.35. The summed E-state index contributed by atoms with van der Waals surface area (Å²) < 4.78 is 5.43. The lowest BCUT2D eigenvalue weighted by atomic mass is 10.1. The monoisotopic (exact) mass is 501 g/mol. The van der Waals surface area contributed by atoms with E-state index in [1.165, 1.54) is 43.5 Å². The van der Waals surface area contributed by atoms with Crippen molar-refractivity contribution >= 4 is 29.9 Å². The fourth-order valence-corrected chi connectivity index (χ4v) is 3.78. The summed E-state index contributed by atoms with van der Waals surface area (Å²) in [6.07, 6.45) is 4.07. The van der Waals surface area contributed by atoms with Crippen LogP contribution in [0.25, 0.3) is 0 Å². The molecule has 7 heteroatoms. The van der Waals surface area contributed by atoms with Gasteiger partial charge in [0.25, 0.3) is 0 Å². The summed E-state index contributed by atoms with van der Waals surface area (Å²) in [5.41, 5.74) is 2.66. The average Bonchev–Trinajstić information content (AvgIpc) is 2.72. The highest BCUT2D eigenvalue weighted by atomic mass is 127. The first-order valence-electron chi connectivity index (χ1n) is 10.4. The maximum Gasteiger partial charge on any atom is 0.191 e. The molecule has 2 N–H and O–H groups in total. The minimum Gasteiger partial charge on any atom is -0.379 e. The number of hydrogen-bond donors (Lipinski definition) is 2. The number of nitrogens with one attached hydrogen (secondary N) is 2. The van der Waals surface area contributed by atoms with Crippen LogP contribution in [0.5, 0.6) is 0 Å². The third-order valence-corrected chi connectivity index (χ3v) is 5.35. The SMILES string of the molecule is CN=C(NCCN1CCCCC1)NCc1cccc(CN2CCOCC2)c1.I. The summed E-state index contributed by atoms with van der Waals surface area (Å²) >= 11 is 0. The number of morpholine rings is 1. The average molecular weight is 501 g/mol. The number of benzene rings is 1. The molecule has 0 amide bonds. The van der Waals surface area contributed by atoms with Gasteiger partial charge in [-0.25, -0.2) is 0 Å². The standard InChI is InChI=1S/C21H35N5O.HI/c1-22-21(23-8-11-25-9-3-2-4-10-25)24-17-19-6-5-7-20(16-19)18-26-12-14-27-15-13-26;/h5-7,16H,2-4,8-15,17-18H2,1H3,(H2,22,23,24);1H. The van der Waals surface area contributed by atoms with Crippen LogP contribution in [-0.2, 0) is 17.8 Å². The normalized spacial score (nSPS) is 19.1. The first-order valence-corrected chi connectivity index (χ1v) is 10.4. The maximum atomic E-state index is 5.43. The van der Waals surface area contributed by atoms with E-state index in [1.54, 1.807) is 0 Å². The van der Waals surface area contributed by atoms with Gasteiger partial charge in [-0.1, -0.05) is 30.7 Å². The van der Waals surface area contributed by atoms with Gasteiger partial charge in [-0.05, 0) is 37.1 Å². The minimum atomic E-state index is 0. The number of halogens is 1. The highest BCUT2D eigenvalue weighted by molar-refractivity contribution is 14.0. The predicted octanol–water partition coefficient (Wildman–Crippen LogP) is 2.29. The van der Waals surface area contributed by atoms with Gasteiger partial charge >= 0.3 is 0 Å². The molecule has 0 aromatic heterocycles. The lowest BCUT2D eigenvalue weighted by molar-refractivity contribution is 0.0342. The van der Waals surface area contributed by atoms with Gasteiger partial charge in [0.15, 0.2) is 5.96 Å². The van der Waals surface area contributed by atoms with Crippen molar-refractivity contribution in [2.45, 2.75) is 32.4 Å². The number of guanidine groups is 1. The number of nitrogens with zero attached hydrogens (tertiary/aromatic N) is 3. The zero-order chi connectivity index (χ0) is 18.7. The molecule has 158 valence electrons. The van der Waals surface area contributed by atoms with Gasteiger partial charge in [-0.15, -0.1) is 24.0 Å². The van der Waals surface area contributed by atoms with Crippen LogP contribution in [0.15, 0.2) is 29.3 Å². The molecule has 2 fully saturated rings. The van der Waals surface area contributed by atoms with Crippen LogP contribution in [-0.4, -0.2) is 75.3 Å². The van der Waals surface area contributed by atoms with E-state index in [0.29, 0.717) is 0 Å². The Hall–Kier alpha value is -0.900. The largest absolute Gasteiger partial charge is 0.379 e. The molecule has 0 radical (unpaired) electrons. The third kappa shape index (κ3) is 8.23. The van der Waals surface area contributed by atoms with Crippen LogP contribution in [0.4, 0.5) is 0 Å². The second-order valence-corrected chi connectivity index (χ2v) is 7.46. The molecule has 1 aromatic rings. The molecule has 3 rings (SSSR count). The Labute approximate surface area is 187 Å². The van der Waals surface area contributed by atoms with Crippen LogP contribution < -0.4 is 10.6 Å². The molecular weight excluding hydrogens is 465 g/mol. The number of rotatable bonds is 7. The lowest BCUT2D eigenvalue weighted by Crippen LogP contribution is -2.42. The van der Waals surface area contributed by atoms with E-state index in [9.17, 15) is 0 Å². The second kappa shape index (κ2) is 13.3. The summed E-state index contributed by atoms with van der Waals surface area (Å²) in [5, 5.41) is 6.88. The number of hydrogen-bond acceptors (Lipinski definition) is 4. The highest BCUT2D eigenvalue weighted by Crippen LogP contribution is 2.10. The molecule has 0 aliphatic carbocycles. The number of piperidine rings is 1. The van der Waals surface area contributed by atoms with Crippen molar-refractivity contribution < 1.29 is 4.74 Å². The Morgan fingerprint density at radius 3 is 2.50 bits per heavy atom. The van der Waals surface area contributed by atoms with Crippen molar-refractivity contribution in [1.82, 2.24) is 20.4 Å². The highest BCUT2D eigenvalue weighted by Gasteiger charge is 2.11. The molecular formula is C21H36IN5O. The first kappa shape index (κ1) is 23.4. The Bertz CT molecular complexity index is 586. The van der Waals surface area contributed by atoms with Gasteiger partial charge in [0.2, 0.25) is 0 Å². The van der Waals surface area contributed by atoms with Crippen molar-refractivity contribution in [1.29, 1.82) is 0 Å². The zero-order valence-corrected chi connectivity index (χ0v) is 19.5. The van der Waals surface area contributed by atoms with E-state index in [4.69, 9.17) is 4.74 Å². The van der Waals surface area contributed by atoms with Gasteiger partial charge in [0, 0.05) is 46.3 Å². The van der Waals surface area contributed by atoms with Crippen LogP contribution >= 0.6 is 24.0 Å². The van der Waals surface area contributed by atoms with Gasteiger partial charge in [-0.3, -0.25) is 9.89 Å². The number of ether oxygens (including phenoxy) is 1. The minimum absolute atomic E-state index is 0. The first-order chi connectivity index (χ1) is 13.3. The smallest absolute Gasteiger partial charge is 0.191 e. The Morgan fingerprint density at radius 2 is 1.75 bits per heavy atom. The van der Waals surface area contributed by atoms with Crippen LogP contribution in [0.3, 0.4) is 0 Å². The van der Waals surface area contributed by atoms with Crippen LogP contribution in [0.1, 0.15) is 30.4 Å². The molecule has 0 bridgehead atoms. The molecule has 2 heterocycles. The van der Waals surface area contributed by atoms with Crippen molar-refractivity contribution in [3.8, 4) is 0 Å². The topological polar surface area (TPSA) is 52.1 Å². The quantitative estimate of drug-likeness (QED) is 0.341. The summed E-state index contributed by atoms with van der Waals surface area (Å²) in [6, 6.07) is 8.84. The fourth-order valence-electron chi connectivity index (χ4n) is 3.78. The molecule has 2 aliphatic heterocycles. The molecule has 0 spiro atoms. The summed E-state index contributed by atoms with van der Waals surface area (Å²) in [5.74, 6) is 0.880. The second-order valence-electron chi connectivity index (χ2n) is 7.46. The van der Waals surface area contributed by atoms with Crippen molar-refractivity contribution in [3.63, 3.8) is 0 Å². The van der Waals surface area contributed by atoms with Gasteiger partial charge in [0.1, 0.15) is 0 Å². The molecule has 0 saturated carbocycles. The van der Waals surface area contributed by atoms with Crippen LogP contribution in [0.2, 0.25) is 0 Å². The Balaban J connectivity index is 0.00000280. The van der Waals surface area contributed by atoms with Gasteiger partial charge < -0.3 is 20.3 Å². The molecule has 1 aromatic carbocycles. The van der Waals surface area contributed by atoms with E-state index in [-0.39, 0.29) is 24.0 Å². The zero-order valence-electron chi connectivity index (χ0n) is 17.2. The predicted molar refractivity (Wildman–Crippen MR) is 126 cm³/mol. The van der Waals surface area contributed by atoms with Crippen LogP contribution in [0, 0.1) is 0 Å². The van der Waals surface area contributed by atoms with E-state index in [2.05, 4.69) is 49.7 Å². The van der Waals surface area contributed by atoms with E-state index in [0.717, 1.165) is 58.4 Å². The molecule has 2 aliphatic rings. The molecule has 0 unspecified atom stereocenters. The number of likely N-dealkylation sites (tertiary alicyclic amines) is 1. The molecule has 28 heavy (non-hydrogen) atoms. The van der Waals surface area contributed by atoms with E-state index < -0.39 is 0 Å². The summed E-state index contributed by atoms with van der Waals surface area (Å²) in [7, 11) is 1.84. The van der Waals surface area contributed by atoms with Crippen molar-refractivity contribution in [3.05, 3.63) is 35.4 Å². The van der Waals surface area contributed by atoms with Crippen molar-refractivity contribution in [2.75, 3.05) is 59.5 Å². The Kier molecular flexibility index (Phi) is 11.1. The number of aliphatic imine (C=N–C) groups is 1. The Morgan fingerprint density at radius 1 is 1.00 bits per heavy atom. The summed E-state index contributed by atoms with van der Waals surface area (Å²) in [4.78, 5) is 9.35. The molecule has 2 saturated heterocycles. The fraction of sp³-hybridized carbons (Fsp3) is 0.667. The molecule has 6 nitrogen and oxygen atoms in total. The summed E-state index contributed by atoms with van der Waals surface area (Å²) in [6.45, 7) is 10.0. The van der Waals surface area contributed by atoms with E-state index >= 15 is 0 Å². The van der Waals surface area contributed by atoms with Crippen molar-refractivity contribution in [2.24, 2.45) is 4.99 Å². The lowest BCUT2D eigenvalue weighted by Gasteiger charge is -2.27. The maximum absolute atomic E-state index is 5.43. The van der Waals surface area contributed by atoms with Gasteiger partial charge in [0.05, 0.1) is 13.2 Å². The molecule has 0 atom stereocenters.